The van der Waals surface area contributed by atoms with Crippen LogP contribution in [0.1, 0.15) is 21.6 Å². The van der Waals surface area contributed by atoms with Crippen LogP contribution in [-0.2, 0) is 19.5 Å². The van der Waals surface area contributed by atoms with Gasteiger partial charge in [0.25, 0.3) is 0 Å². The van der Waals surface area contributed by atoms with Crippen molar-refractivity contribution in [1.82, 2.24) is 15.0 Å². The molecule has 0 atom stereocenters. The summed E-state index contributed by atoms with van der Waals surface area (Å²) in [6.45, 7) is 4.07. The van der Waals surface area contributed by atoms with Crippen molar-refractivity contribution in [2.45, 2.75) is 13.8 Å². The quantitative estimate of drug-likeness (QED) is 0.657. The molecule has 0 aromatic carbocycles. The third-order valence-corrected chi connectivity index (χ3v) is 3.22. The average molecular weight is 408 g/mol. The van der Waals surface area contributed by atoms with Gasteiger partial charge in [0.2, 0.25) is 0 Å². The monoisotopic (exact) mass is 409 g/mol. The molecular weight excluding hydrogens is 391 g/mol. The summed E-state index contributed by atoms with van der Waals surface area (Å²) in [5.74, 6) is -0.997. The number of carboxylic acid groups (broad SMARTS) is 1. The predicted molar refractivity (Wildman–Crippen MR) is 88.1 cm³/mol. The van der Waals surface area contributed by atoms with E-state index in [0.29, 0.717) is 11.4 Å². The number of hydrogen-bond acceptors (Lipinski definition) is 4. The number of aromatic carboxylic acids is 1. The first-order valence-electron chi connectivity index (χ1n) is 7.07. The topological polar surface area (TPSA) is 76.0 Å². The molecule has 3 aromatic heterocycles. The molecule has 0 radical (unpaired) electrons. The Bertz CT molecular complexity index is 774. The molecule has 0 fully saturated rings. The molecule has 0 saturated heterocycles. The molecule has 0 saturated carbocycles. The van der Waals surface area contributed by atoms with E-state index in [-0.39, 0.29) is 25.0 Å². The maximum Gasteiger partial charge on any atom is 0.337 e. The van der Waals surface area contributed by atoms with Crippen LogP contribution < -0.4 is 0 Å². The van der Waals surface area contributed by atoms with Crippen LogP contribution in [0.4, 0.5) is 0 Å². The number of nitrogens with zero attached hydrogens (tertiary/aromatic N) is 3. The smallest absolute Gasteiger partial charge is 0.337 e. The van der Waals surface area contributed by atoms with Gasteiger partial charge in [-0.2, -0.15) is 0 Å². The van der Waals surface area contributed by atoms with Crippen LogP contribution in [0.5, 0.6) is 0 Å². The van der Waals surface area contributed by atoms with Crippen LogP contribution in [0.25, 0.3) is 11.4 Å². The summed E-state index contributed by atoms with van der Waals surface area (Å²) < 4.78 is 0. The van der Waals surface area contributed by atoms with E-state index in [9.17, 15) is 4.79 Å². The number of rotatable bonds is 2. The molecule has 6 heteroatoms. The maximum absolute atomic E-state index is 10.9. The second-order valence-electron chi connectivity index (χ2n) is 4.83. The van der Waals surface area contributed by atoms with Crippen molar-refractivity contribution in [2.75, 3.05) is 0 Å². The summed E-state index contributed by atoms with van der Waals surface area (Å²) in [5.41, 5.74) is 3.50. The summed E-state index contributed by atoms with van der Waals surface area (Å²) in [4.78, 5) is 23.1. The van der Waals surface area contributed by atoms with Crippen molar-refractivity contribution < 1.29 is 29.4 Å². The fourth-order valence-electron chi connectivity index (χ4n) is 1.85. The van der Waals surface area contributed by atoms with E-state index in [1.165, 1.54) is 11.6 Å². The molecule has 3 aromatic rings. The third kappa shape index (κ3) is 5.32. The molecule has 0 amide bonds. The van der Waals surface area contributed by atoms with Crippen LogP contribution in [0, 0.1) is 13.8 Å². The molecule has 0 bridgehead atoms. The summed E-state index contributed by atoms with van der Waals surface area (Å²) in [7, 11) is 0. The summed E-state index contributed by atoms with van der Waals surface area (Å²) in [6.07, 6.45) is 4.97. The number of carbonyl (C=O) groups is 1. The van der Waals surface area contributed by atoms with Crippen LogP contribution >= 0.6 is 0 Å². The Morgan fingerprint density at radius 1 is 0.875 bits per heavy atom. The molecule has 5 nitrogen and oxygen atoms in total. The summed E-state index contributed by atoms with van der Waals surface area (Å²) in [6, 6.07) is 12.4. The maximum atomic E-state index is 10.9. The molecule has 1 N–H and O–H groups in total. The minimum atomic E-state index is -0.997. The Morgan fingerprint density at radius 3 is 2.08 bits per heavy atom. The van der Waals surface area contributed by atoms with Crippen molar-refractivity contribution in [3.05, 3.63) is 77.9 Å². The zero-order valence-corrected chi connectivity index (χ0v) is 15.1. The molecule has 0 aliphatic carbocycles. The first-order chi connectivity index (χ1) is 11.1. The first kappa shape index (κ1) is 19.6. The molecule has 124 valence electrons. The Balaban J connectivity index is 0.000000273. The standard InChI is InChI=1S/C11H8N2O2.C7H9N.Ru/c14-11(15)8-4-3-7-13-10(8)9-5-1-2-6-12-9;1-6-4-3-5-8-7(6)2;/h1-7H,(H,14,15);3-5H,1-2H3;. The first-order valence-corrected chi connectivity index (χ1v) is 7.07. The molecule has 3 heterocycles. The largest absolute Gasteiger partial charge is 0.478 e. The molecule has 0 spiro atoms. The Kier molecular flexibility index (Phi) is 7.86. The second kappa shape index (κ2) is 9.63. The van der Waals surface area contributed by atoms with Crippen molar-refractivity contribution in [3.8, 4) is 11.4 Å². The van der Waals surface area contributed by atoms with Crippen LogP contribution in [-0.4, -0.2) is 26.0 Å². The van der Waals surface area contributed by atoms with Gasteiger partial charge in [0, 0.05) is 43.8 Å². The van der Waals surface area contributed by atoms with Gasteiger partial charge in [0.05, 0.1) is 11.3 Å². The van der Waals surface area contributed by atoms with E-state index in [1.807, 2.05) is 19.2 Å². The minimum absolute atomic E-state index is 0. The SMILES string of the molecule is Cc1cccnc1C.O=C(O)c1cccnc1-c1ccccn1.[Ru]. The second-order valence-corrected chi connectivity index (χ2v) is 4.83. The average Bonchev–Trinajstić information content (AvgIpc) is 2.59. The fourth-order valence-corrected chi connectivity index (χ4v) is 1.85. The van der Waals surface area contributed by atoms with E-state index < -0.39 is 5.97 Å². The normalized spacial score (nSPS) is 9.25. The van der Waals surface area contributed by atoms with Gasteiger partial charge in [-0.25, -0.2) is 4.79 Å². The zero-order valence-electron chi connectivity index (χ0n) is 13.3. The number of pyridine rings is 3. The van der Waals surface area contributed by atoms with E-state index in [4.69, 9.17) is 5.11 Å². The van der Waals surface area contributed by atoms with Crippen LogP contribution in [0.2, 0.25) is 0 Å². The Morgan fingerprint density at radius 2 is 1.54 bits per heavy atom. The molecule has 0 aliphatic rings. The number of hydrogen-bond donors (Lipinski definition) is 1. The van der Waals surface area contributed by atoms with Gasteiger partial charge < -0.3 is 5.11 Å². The molecule has 0 aliphatic heterocycles. The molecular formula is C18H17N3O2Ru. The predicted octanol–water partition coefficient (Wildman–Crippen LogP) is 3.54. The minimum Gasteiger partial charge on any atom is -0.478 e. The van der Waals surface area contributed by atoms with Crippen LogP contribution in [0.3, 0.4) is 0 Å². The third-order valence-electron chi connectivity index (χ3n) is 3.22. The van der Waals surface area contributed by atoms with Gasteiger partial charge in [-0.15, -0.1) is 0 Å². The van der Waals surface area contributed by atoms with Gasteiger partial charge in [-0.3, -0.25) is 15.0 Å². The van der Waals surface area contributed by atoms with Crippen molar-refractivity contribution >= 4 is 5.97 Å². The van der Waals surface area contributed by atoms with Gasteiger partial charge in [0.1, 0.15) is 5.69 Å². The number of aryl methyl sites for hydroxylation is 2. The molecule has 0 unspecified atom stereocenters. The van der Waals surface area contributed by atoms with Crippen molar-refractivity contribution in [1.29, 1.82) is 0 Å². The number of carboxylic acids is 1. The van der Waals surface area contributed by atoms with Crippen LogP contribution in [0.15, 0.2) is 61.1 Å². The van der Waals surface area contributed by atoms with E-state index >= 15 is 0 Å². The molecule has 3 rings (SSSR count). The number of aromatic nitrogens is 3. The molecule has 24 heavy (non-hydrogen) atoms. The Labute approximate surface area is 153 Å². The van der Waals surface area contributed by atoms with Gasteiger partial charge in [0.15, 0.2) is 0 Å². The van der Waals surface area contributed by atoms with Crippen molar-refractivity contribution in [3.63, 3.8) is 0 Å². The van der Waals surface area contributed by atoms with E-state index in [2.05, 4.69) is 27.9 Å². The fraction of sp³-hybridized carbons (Fsp3) is 0.111. The van der Waals surface area contributed by atoms with Gasteiger partial charge >= 0.3 is 5.97 Å². The van der Waals surface area contributed by atoms with Gasteiger partial charge in [-0.1, -0.05) is 12.1 Å². The van der Waals surface area contributed by atoms with Crippen molar-refractivity contribution in [2.24, 2.45) is 0 Å². The summed E-state index contributed by atoms with van der Waals surface area (Å²) >= 11 is 0. The van der Waals surface area contributed by atoms with E-state index in [0.717, 1.165) is 5.69 Å². The zero-order chi connectivity index (χ0) is 16.7. The Hall–Kier alpha value is -2.46. The van der Waals surface area contributed by atoms with E-state index in [1.54, 1.807) is 36.7 Å². The summed E-state index contributed by atoms with van der Waals surface area (Å²) in [5, 5.41) is 8.96. The van der Waals surface area contributed by atoms with Gasteiger partial charge in [-0.05, 0) is 49.7 Å².